The number of nitro groups is 1. The van der Waals surface area contributed by atoms with Gasteiger partial charge in [-0.15, -0.1) is 0 Å². The number of aliphatic imine (C=N–C) groups is 1. The first-order valence-electron chi connectivity index (χ1n) is 7.61. The summed E-state index contributed by atoms with van der Waals surface area (Å²) in [5.74, 6) is -0.905. The van der Waals surface area contributed by atoms with Crippen LogP contribution in [-0.4, -0.2) is 35.0 Å². The first-order valence-corrected chi connectivity index (χ1v) is 8.24. The first-order chi connectivity index (χ1) is 11.4. The lowest BCUT2D eigenvalue weighted by atomic mass is 9.78. The zero-order valence-corrected chi connectivity index (χ0v) is 14.7. The highest BCUT2D eigenvalue weighted by Gasteiger charge is 2.45. The summed E-state index contributed by atoms with van der Waals surface area (Å²) < 4.78 is 5.19. The molecule has 0 bridgehead atoms. The van der Waals surface area contributed by atoms with E-state index in [1.165, 1.54) is 0 Å². The molecule has 24 heavy (non-hydrogen) atoms. The average Bonchev–Trinajstić information content (AvgIpc) is 2.52. The molecule has 1 aromatic rings. The SMILES string of the molecule is CC1=NC(C)=C(C(=O)OCCS)C(c2ccccc2C)C1[N+](=O)[O-]. The molecule has 128 valence electrons. The number of thiol groups is 1. The smallest absolute Gasteiger partial charge is 0.336 e. The number of allylic oxidation sites excluding steroid dienone is 1. The lowest BCUT2D eigenvalue weighted by molar-refractivity contribution is -0.505. The Morgan fingerprint density at radius 3 is 2.58 bits per heavy atom. The lowest BCUT2D eigenvalue weighted by Crippen LogP contribution is -2.40. The normalized spacial score (nSPS) is 20.6. The number of aryl methyl sites for hydroxylation is 1. The van der Waals surface area contributed by atoms with E-state index in [2.05, 4.69) is 17.6 Å². The summed E-state index contributed by atoms with van der Waals surface area (Å²) in [4.78, 5) is 28.1. The van der Waals surface area contributed by atoms with Crippen LogP contribution in [0.25, 0.3) is 0 Å². The van der Waals surface area contributed by atoms with Gasteiger partial charge in [0, 0.05) is 16.4 Å². The average molecular weight is 348 g/mol. The third kappa shape index (κ3) is 3.51. The monoisotopic (exact) mass is 348 g/mol. The number of hydrogen-bond donors (Lipinski definition) is 1. The zero-order chi connectivity index (χ0) is 17.9. The van der Waals surface area contributed by atoms with E-state index < -0.39 is 17.9 Å². The number of benzene rings is 1. The zero-order valence-electron chi connectivity index (χ0n) is 13.9. The molecule has 6 nitrogen and oxygen atoms in total. The molecule has 0 N–H and O–H groups in total. The molecule has 0 saturated heterocycles. The van der Waals surface area contributed by atoms with Crippen LogP contribution in [0.5, 0.6) is 0 Å². The van der Waals surface area contributed by atoms with Crippen LogP contribution in [0, 0.1) is 17.0 Å². The Morgan fingerprint density at radius 1 is 1.33 bits per heavy atom. The molecule has 0 aliphatic carbocycles. The number of ether oxygens (including phenoxy) is 1. The van der Waals surface area contributed by atoms with E-state index in [4.69, 9.17) is 4.74 Å². The molecule has 2 atom stereocenters. The standard InChI is InChI=1S/C17H20N2O4S/c1-10-6-4-5-7-13(10)15-14(17(20)23-8-9-24)11(2)18-12(3)16(15)19(21)22/h4-7,15-16,24H,8-9H2,1-3H3. The molecule has 1 aliphatic rings. The highest BCUT2D eigenvalue weighted by atomic mass is 32.1. The Bertz CT molecular complexity index is 727. The summed E-state index contributed by atoms with van der Waals surface area (Å²) in [6.45, 7) is 5.32. The van der Waals surface area contributed by atoms with Crippen LogP contribution in [-0.2, 0) is 9.53 Å². The quantitative estimate of drug-likeness (QED) is 0.384. The van der Waals surface area contributed by atoms with E-state index in [0.29, 0.717) is 17.2 Å². The molecular weight excluding hydrogens is 328 g/mol. The molecular formula is C17H20N2O4S. The second-order valence-corrected chi connectivity index (χ2v) is 6.12. The van der Waals surface area contributed by atoms with E-state index in [9.17, 15) is 14.9 Å². The van der Waals surface area contributed by atoms with Crippen LogP contribution < -0.4 is 0 Å². The van der Waals surface area contributed by atoms with Gasteiger partial charge in [0.1, 0.15) is 6.61 Å². The molecule has 0 aromatic heterocycles. The summed E-state index contributed by atoms with van der Waals surface area (Å²) in [6, 6.07) is 6.27. The van der Waals surface area contributed by atoms with Gasteiger partial charge in [-0.05, 0) is 31.9 Å². The van der Waals surface area contributed by atoms with E-state index in [-0.39, 0.29) is 17.1 Å². The van der Waals surface area contributed by atoms with Crippen molar-refractivity contribution in [1.82, 2.24) is 0 Å². The summed E-state index contributed by atoms with van der Waals surface area (Å²) >= 11 is 4.03. The summed E-state index contributed by atoms with van der Waals surface area (Å²) in [5, 5.41) is 11.7. The van der Waals surface area contributed by atoms with E-state index in [0.717, 1.165) is 11.1 Å². The largest absolute Gasteiger partial charge is 0.461 e. The van der Waals surface area contributed by atoms with Gasteiger partial charge >= 0.3 is 5.97 Å². The van der Waals surface area contributed by atoms with Crippen molar-refractivity contribution in [2.45, 2.75) is 32.7 Å². The fraction of sp³-hybridized carbons (Fsp3) is 0.412. The maximum atomic E-state index is 12.5. The van der Waals surface area contributed by atoms with Gasteiger partial charge in [0.2, 0.25) is 0 Å². The lowest BCUT2D eigenvalue weighted by Gasteiger charge is -2.28. The van der Waals surface area contributed by atoms with Crippen LogP contribution in [0.15, 0.2) is 40.5 Å². The topological polar surface area (TPSA) is 81.8 Å². The molecule has 1 heterocycles. The van der Waals surface area contributed by atoms with Crippen molar-refractivity contribution in [3.05, 3.63) is 56.8 Å². The van der Waals surface area contributed by atoms with Crippen molar-refractivity contribution >= 4 is 24.3 Å². The number of nitrogens with zero attached hydrogens (tertiary/aromatic N) is 2. The maximum absolute atomic E-state index is 12.5. The molecule has 0 radical (unpaired) electrons. The van der Waals surface area contributed by atoms with Crippen molar-refractivity contribution in [2.75, 3.05) is 12.4 Å². The molecule has 0 saturated carbocycles. The van der Waals surface area contributed by atoms with Gasteiger partial charge in [-0.25, -0.2) is 4.79 Å². The molecule has 2 rings (SSSR count). The van der Waals surface area contributed by atoms with Crippen LogP contribution in [0.2, 0.25) is 0 Å². The van der Waals surface area contributed by atoms with E-state index >= 15 is 0 Å². The number of esters is 1. The van der Waals surface area contributed by atoms with Crippen LogP contribution >= 0.6 is 12.6 Å². The van der Waals surface area contributed by atoms with Gasteiger partial charge in [0.15, 0.2) is 0 Å². The second kappa shape index (κ2) is 7.61. The molecule has 0 amide bonds. The van der Waals surface area contributed by atoms with Gasteiger partial charge in [0.05, 0.1) is 17.2 Å². The number of hydrogen-bond acceptors (Lipinski definition) is 6. The molecule has 0 fully saturated rings. The Balaban J connectivity index is 2.61. The molecule has 2 unspecified atom stereocenters. The fourth-order valence-electron chi connectivity index (χ4n) is 3.04. The summed E-state index contributed by atoms with van der Waals surface area (Å²) in [7, 11) is 0. The Morgan fingerprint density at radius 2 is 2.00 bits per heavy atom. The van der Waals surface area contributed by atoms with Crippen molar-refractivity contribution in [2.24, 2.45) is 4.99 Å². The Labute approximate surface area is 146 Å². The van der Waals surface area contributed by atoms with E-state index in [1.807, 2.05) is 31.2 Å². The van der Waals surface area contributed by atoms with Gasteiger partial charge in [-0.2, -0.15) is 12.6 Å². The third-order valence-corrected chi connectivity index (χ3v) is 4.27. The van der Waals surface area contributed by atoms with Crippen molar-refractivity contribution < 1.29 is 14.5 Å². The predicted molar refractivity (Wildman–Crippen MR) is 95.3 cm³/mol. The molecule has 1 aromatic carbocycles. The van der Waals surface area contributed by atoms with Gasteiger partial charge < -0.3 is 4.74 Å². The van der Waals surface area contributed by atoms with Crippen LogP contribution in [0.3, 0.4) is 0 Å². The fourth-order valence-corrected chi connectivity index (χ4v) is 3.13. The highest BCUT2D eigenvalue weighted by Crippen LogP contribution is 2.38. The predicted octanol–water partition coefficient (Wildman–Crippen LogP) is 2.95. The van der Waals surface area contributed by atoms with Gasteiger partial charge in [-0.1, -0.05) is 24.3 Å². The molecule has 1 aliphatic heterocycles. The van der Waals surface area contributed by atoms with Crippen molar-refractivity contribution in [1.29, 1.82) is 0 Å². The minimum Gasteiger partial charge on any atom is -0.461 e. The highest BCUT2D eigenvalue weighted by molar-refractivity contribution is 7.80. The molecule has 7 heteroatoms. The van der Waals surface area contributed by atoms with Crippen molar-refractivity contribution in [3.63, 3.8) is 0 Å². The van der Waals surface area contributed by atoms with Gasteiger partial charge in [0.25, 0.3) is 6.04 Å². The Kier molecular flexibility index (Phi) is 5.77. The number of carbonyl (C=O) groups excluding carboxylic acids is 1. The third-order valence-electron chi connectivity index (χ3n) is 4.08. The number of carbonyl (C=O) groups is 1. The molecule has 0 spiro atoms. The van der Waals surface area contributed by atoms with Crippen molar-refractivity contribution in [3.8, 4) is 0 Å². The minimum atomic E-state index is -1.09. The first kappa shape index (κ1) is 18.2. The second-order valence-electron chi connectivity index (χ2n) is 5.68. The van der Waals surface area contributed by atoms with Gasteiger partial charge in [-0.3, -0.25) is 15.1 Å². The van der Waals surface area contributed by atoms with Crippen LogP contribution in [0.4, 0.5) is 0 Å². The van der Waals surface area contributed by atoms with Crippen LogP contribution in [0.1, 0.15) is 30.9 Å². The Hall–Kier alpha value is -2.15. The summed E-state index contributed by atoms with van der Waals surface area (Å²) in [5.41, 5.74) is 2.72. The number of rotatable bonds is 5. The summed E-state index contributed by atoms with van der Waals surface area (Å²) in [6.07, 6.45) is 0. The van der Waals surface area contributed by atoms with E-state index in [1.54, 1.807) is 13.8 Å². The maximum Gasteiger partial charge on any atom is 0.336 e. The minimum absolute atomic E-state index is 0.144.